The summed E-state index contributed by atoms with van der Waals surface area (Å²) in [4.78, 5) is 10.6. The van der Waals surface area contributed by atoms with Crippen LogP contribution in [0.2, 0.25) is 0 Å². The number of hydrogen-bond donors (Lipinski definition) is 1. The highest BCUT2D eigenvalue weighted by Gasteiger charge is 2.52. The van der Waals surface area contributed by atoms with E-state index in [0.29, 0.717) is 11.1 Å². The number of rotatable bonds is 6. The molecule has 104 valence electrons. The largest absolute Gasteiger partial charge is 0.479 e. The molecule has 2 fully saturated rings. The lowest BCUT2D eigenvalue weighted by Crippen LogP contribution is -2.28. The van der Waals surface area contributed by atoms with Crippen LogP contribution in [0, 0.1) is 11.3 Å². The third-order valence-corrected chi connectivity index (χ3v) is 4.26. The zero-order valence-corrected chi connectivity index (χ0v) is 11.1. The summed E-state index contributed by atoms with van der Waals surface area (Å²) >= 11 is 0. The summed E-state index contributed by atoms with van der Waals surface area (Å²) in [5.74, 6) is -0.229. The topological polar surface area (TPSA) is 77.2 Å². The number of nitrogens with zero attached hydrogens (tertiary/aromatic N) is 3. The number of hydrogen-bond acceptors (Lipinski definition) is 4. The SMILES string of the molecule is C[C@@H](OCc1cn(CC2CC3(CC3)C2)nn1)C(=O)O. The third-order valence-electron chi connectivity index (χ3n) is 4.26. The van der Waals surface area contributed by atoms with E-state index in [-0.39, 0.29) is 6.61 Å². The molecule has 1 aromatic heterocycles. The monoisotopic (exact) mass is 265 g/mol. The molecule has 2 aliphatic rings. The Hall–Kier alpha value is -1.43. The molecule has 0 radical (unpaired) electrons. The maximum atomic E-state index is 10.6. The molecule has 1 spiro atoms. The quantitative estimate of drug-likeness (QED) is 0.842. The summed E-state index contributed by atoms with van der Waals surface area (Å²) in [6.07, 6.45) is 6.52. The van der Waals surface area contributed by atoms with Crippen LogP contribution in [0.15, 0.2) is 6.20 Å². The van der Waals surface area contributed by atoms with Crippen LogP contribution in [0.5, 0.6) is 0 Å². The van der Waals surface area contributed by atoms with Crippen LogP contribution in [0.4, 0.5) is 0 Å². The molecule has 19 heavy (non-hydrogen) atoms. The van der Waals surface area contributed by atoms with Crippen molar-refractivity contribution in [3.05, 3.63) is 11.9 Å². The Morgan fingerprint density at radius 1 is 1.63 bits per heavy atom. The molecular weight excluding hydrogens is 246 g/mol. The summed E-state index contributed by atoms with van der Waals surface area (Å²) in [5.41, 5.74) is 1.40. The molecule has 2 saturated carbocycles. The van der Waals surface area contributed by atoms with Gasteiger partial charge in [-0.1, -0.05) is 5.21 Å². The van der Waals surface area contributed by atoms with Gasteiger partial charge in [-0.15, -0.1) is 5.10 Å². The number of ether oxygens (including phenoxy) is 1. The van der Waals surface area contributed by atoms with Crippen molar-refractivity contribution in [2.45, 2.75) is 51.9 Å². The molecule has 0 bridgehead atoms. The molecular formula is C13H19N3O3. The van der Waals surface area contributed by atoms with Gasteiger partial charge >= 0.3 is 5.97 Å². The van der Waals surface area contributed by atoms with Gasteiger partial charge in [0.25, 0.3) is 0 Å². The van der Waals surface area contributed by atoms with Crippen molar-refractivity contribution in [2.75, 3.05) is 0 Å². The number of aliphatic carboxylic acids is 1. The molecule has 0 amide bonds. The Balaban J connectivity index is 1.45. The van der Waals surface area contributed by atoms with E-state index in [1.807, 2.05) is 10.9 Å². The van der Waals surface area contributed by atoms with E-state index in [0.717, 1.165) is 12.5 Å². The van der Waals surface area contributed by atoms with Crippen LogP contribution < -0.4 is 0 Å². The van der Waals surface area contributed by atoms with E-state index in [1.54, 1.807) is 0 Å². The van der Waals surface area contributed by atoms with Gasteiger partial charge in [0.15, 0.2) is 6.10 Å². The number of carbonyl (C=O) groups is 1. The fourth-order valence-corrected chi connectivity index (χ4v) is 2.92. The van der Waals surface area contributed by atoms with E-state index in [4.69, 9.17) is 9.84 Å². The summed E-state index contributed by atoms with van der Waals surface area (Å²) < 4.78 is 7.03. The molecule has 6 heteroatoms. The Morgan fingerprint density at radius 3 is 3.00 bits per heavy atom. The highest BCUT2D eigenvalue weighted by Crippen LogP contribution is 2.63. The first-order chi connectivity index (χ1) is 9.06. The average Bonchev–Trinajstić information content (AvgIpc) is 2.99. The minimum Gasteiger partial charge on any atom is -0.479 e. The van der Waals surface area contributed by atoms with Gasteiger partial charge in [0, 0.05) is 6.54 Å². The zero-order chi connectivity index (χ0) is 13.5. The van der Waals surface area contributed by atoms with Gasteiger partial charge in [-0.25, -0.2) is 4.79 Å². The summed E-state index contributed by atoms with van der Waals surface area (Å²) in [6, 6.07) is 0. The number of carboxylic acid groups (broad SMARTS) is 1. The molecule has 0 aliphatic heterocycles. The van der Waals surface area contributed by atoms with Crippen LogP contribution >= 0.6 is 0 Å². The normalized spacial score (nSPS) is 22.2. The molecule has 1 aromatic rings. The van der Waals surface area contributed by atoms with E-state index >= 15 is 0 Å². The first-order valence-corrected chi connectivity index (χ1v) is 6.80. The second-order valence-corrected chi connectivity index (χ2v) is 6.00. The van der Waals surface area contributed by atoms with Crippen molar-refractivity contribution in [3.8, 4) is 0 Å². The smallest absolute Gasteiger partial charge is 0.332 e. The summed E-state index contributed by atoms with van der Waals surface area (Å²) in [5, 5.41) is 16.8. The Labute approximate surface area is 111 Å². The molecule has 0 unspecified atom stereocenters. The van der Waals surface area contributed by atoms with Crippen LogP contribution in [-0.2, 0) is 22.7 Å². The Bertz CT molecular complexity index is 473. The molecule has 1 heterocycles. The van der Waals surface area contributed by atoms with Crippen molar-refractivity contribution in [1.82, 2.24) is 15.0 Å². The molecule has 0 saturated heterocycles. The van der Waals surface area contributed by atoms with Crippen molar-refractivity contribution in [1.29, 1.82) is 0 Å². The summed E-state index contributed by atoms with van der Waals surface area (Å²) in [7, 11) is 0. The van der Waals surface area contributed by atoms with E-state index in [9.17, 15) is 4.79 Å². The number of carboxylic acids is 1. The molecule has 1 atom stereocenters. The van der Waals surface area contributed by atoms with Gasteiger partial charge < -0.3 is 9.84 Å². The lowest BCUT2D eigenvalue weighted by atomic mass is 9.72. The minimum absolute atomic E-state index is 0.196. The van der Waals surface area contributed by atoms with E-state index in [1.165, 1.54) is 32.6 Å². The molecule has 3 rings (SSSR count). The average molecular weight is 265 g/mol. The van der Waals surface area contributed by atoms with Gasteiger partial charge in [-0.2, -0.15) is 0 Å². The summed E-state index contributed by atoms with van der Waals surface area (Å²) in [6.45, 7) is 2.63. The van der Waals surface area contributed by atoms with Gasteiger partial charge in [-0.3, -0.25) is 4.68 Å². The lowest BCUT2D eigenvalue weighted by Gasteiger charge is -2.35. The predicted octanol–water partition coefficient (Wildman–Crippen LogP) is 1.46. The third kappa shape index (κ3) is 2.78. The van der Waals surface area contributed by atoms with Crippen LogP contribution in [-0.4, -0.2) is 32.2 Å². The first kappa shape index (κ1) is 12.6. The standard InChI is InChI=1S/C13H19N3O3/c1-9(12(17)18)19-8-11-7-16(15-14-11)6-10-4-13(5-10)2-3-13/h7,9-10H,2-6,8H2,1H3,(H,17,18)/t9-/m1/s1. The van der Waals surface area contributed by atoms with Gasteiger partial charge in [0.2, 0.25) is 0 Å². The van der Waals surface area contributed by atoms with Gasteiger partial charge in [0.1, 0.15) is 5.69 Å². The van der Waals surface area contributed by atoms with Crippen molar-refractivity contribution in [3.63, 3.8) is 0 Å². The van der Waals surface area contributed by atoms with Crippen LogP contribution in [0.25, 0.3) is 0 Å². The Kier molecular flexibility index (Phi) is 3.05. The second-order valence-electron chi connectivity index (χ2n) is 6.00. The molecule has 0 aromatic carbocycles. The zero-order valence-electron chi connectivity index (χ0n) is 11.1. The van der Waals surface area contributed by atoms with Gasteiger partial charge in [0.05, 0.1) is 12.8 Å². The first-order valence-electron chi connectivity index (χ1n) is 6.80. The Morgan fingerprint density at radius 2 is 2.37 bits per heavy atom. The predicted molar refractivity (Wildman–Crippen MR) is 66.3 cm³/mol. The van der Waals surface area contributed by atoms with Gasteiger partial charge in [-0.05, 0) is 43.9 Å². The highest BCUT2D eigenvalue weighted by molar-refractivity contribution is 5.71. The fourth-order valence-electron chi connectivity index (χ4n) is 2.92. The van der Waals surface area contributed by atoms with Crippen molar-refractivity contribution < 1.29 is 14.6 Å². The van der Waals surface area contributed by atoms with Crippen LogP contribution in [0.1, 0.15) is 38.3 Å². The maximum absolute atomic E-state index is 10.6. The lowest BCUT2D eigenvalue weighted by molar-refractivity contribution is -0.149. The molecule has 2 aliphatic carbocycles. The maximum Gasteiger partial charge on any atom is 0.332 e. The van der Waals surface area contributed by atoms with E-state index in [2.05, 4.69) is 10.3 Å². The highest BCUT2D eigenvalue weighted by atomic mass is 16.5. The van der Waals surface area contributed by atoms with Crippen LogP contribution in [0.3, 0.4) is 0 Å². The minimum atomic E-state index is -0.961. The van der Waals surface area contributed by atoms with Crippen molar-refractivity contribution in [2.24, 2.45) is 11.3 Å². The van der Waals surface area contributed by atoms with Crippen molar-refractivity contribution >= 4 is 5.97 Å². The molecule has 6 nitrogen and oxygen atoms in total. The fraction of sp³-hybridized carbons (Fsp3) is 0.769. The van der Waals surface area contributed by atoms with E-state index < -0.39 is 12.1 Å². The second kappa shape index (κ2) is 4.59. The molecule has 1 N–H and O–H groups in total. The number of aromatic nitrogens is 3.